The van der Waals surface area contributed by atoms with Gasteiger partial charge in [0.15, 0.2) is 12.1 Å². The second kappa shape index (κ2) is 34.0. The fourth-order valence-electron chi connectivity index (χ4n) is 11.5. The molecule has 5 heterocycles. The highest BCUT2D eigenvalue weighted by molar-refractivity contribution is 5.80. The third-order valence-electron chi connectivity index (χ3n) is 17.0. The van der Waals surface area contributed by atoms with E-state index in [1.807, 2.05) is 43.3 Å². The smallest absolute Gasteiger partial charge is 0.308 e. The van der Waals surface area contributed by atoms with Gasteiger partial charge in [0.1, 0.15) is 30.5 Å². The van der Waals surface area contributed by atoms with E-state index in [9.17, 15) is 81.1 Å². The van der Waals surface area contributed by atoms with Crippen molar-refractivity contribution in [2.75, 3.05) is 44.2 Å². The lowest BCUT2D eigenvalue weighted by Gasteiger charge is -2.48. The zero-order chi connectivity index (χ0) is 63.6. The minimum atomic E-state index is -2.47. The van der Waals surface area contributed by atoms with Gasteiger partial charge in [0.05, 0.1) is 98.7 Å². The number of aliphatic hydroxyl groups is 14. The number of esters is 1. The van der Waals surface area contributed by atoms with Crippen molar-refractivity contribution < 1.29 is 105 Å². The van der Waals surface area contributed by atoms with Gasteiger partial charge < -0.3 is 110 Å². The van der Waals surface area contributed by atoms with Crippen molar-refractivity contribution in [3.05, 3.63) is 115 Å². The van der Waals surface area contributed by atoms with Crippen LogP contribution in [0.4, 0.5) is 5.69 Å². The summed E-state index contributed by atoms with van der Waals surface area (Å²) in [4.78, 5) is 31.3. The van der Waals surface area contributed by atoms with E-state index in [-0.39, 0.29) is 44.7 Å². The number of rotatable bonds is 7. The number of nitrogens with zero attached hydrogens (tertiary/aromatic N) is 2. The minimum Gasteiger partial charge on any atom is -0.462 e. The van der Waals surface area contributed by atoms with E-state index in [0.29, 0.717) is 13.1 Å². The summed E-state index contributed by atoms with van der Waals surface area (Å²) in [7, 11) is 0. The highest BCUT2D eigenvalue weighted by Crippen LogP contribution is 2.39. The second-order valence-corrected chi connectivity index (χ2v) is 23.9. The maximum Gasteiger partial charge on any atom is 0.308 e. The first-order chi connectivity index (χ1) is 41.3. The van der Waals surface area contributed by atoms with Crippen LogP contribution in [0.5, 0.6) is 0 Å². The van der Waals surface area contributed by atoms with Crippen molar-refractivity contribution in [1.29, 1.82) is 0 Å². The number of cyclic esters (lactones) is 1. The summed E-state index contributed by atoms with van der Waals surface area (Å²) in [6.45, 7) is 6.92. The predicted molar refractivity (Wildman–Crippen MR) is 317 cm³/mol. The fourth-order valence-corrected chi connectivity index (χ4v) is 11.5. The van der Waals surface area contributed by atoms with Crippen LogP contribution in [0.2, 0.25) is 0 Å². The van der Waals surface area contributed by atoms with Gasteiger partial charge >= 0.3 is 5.97 Å². The van der Waals surface area contributed by atoms with E-state index in [0.717, 1.165) is 5.69 Å². The summed E-state index contributed by atoms with van der Waals surface area (Å²) in [5.41, 5.74) is 0.958. The molecule has 4 fully saturated rings. The number of hydrogen-bond donors (Lipinski definition) is 15. The summed E-state index contributed by atoms with van der Waals surface area (Å²) in [6, 6.07) is 8.28. The third kappa shape index (κ3) is 21.0. The van der Waals surface area contributed by atoms with Crippen LogP contribution in [0.25, 0.3) is 0 Å². The number of benzene rings is 1. The molecule has 0 saturated carbocycles. The van der Waals surface area contributed by atoms with Gasteiger partial charge in [-0.05, 0) is 45.2 Å². The van der Waals surface area contributed by atoms with Crippen LogP contribution in [0.3, 0.4) is 0 Å². The van der Waals surface area contributed by atoms with E-state index in [2.05, 4.69) is 10.2 Å². The highest BCUT2D eigenvalue weighted by Gasteiger charge is 2.53. The number of allylic oxidation sites excluding steroid dienone is 12. The van der Waals surface area contributed by atoms with Crippen molar-refractivity contribution in [3.8, 4) is 0 Å². The van der Waals surface area contributed by atoms with Crippen molar-refractivity contribution in [2.45, 2.75) is 201 Å². The van der Waals surface area contributed by atoms with E-state index in [1.165, 1.54) is 6.92 Å². The molecule has 23 atom stereocenters. The number of anilines is 1. The average molecular weight is 1230 g/mol. The third-order valence-corrected chi connectivity index (χ3v) is 17.0. The quantitative estimate of drug-likeness (QED) is 0.152. The summed E-state index contributed by atoms with van der Waals surface area (Å²) in [5.74, 6) is -8.22. The first-order valence-corrected chi connectivity index (χ1v) is 30.2. The maximum atomic E-state index is 14.8. The van der Waals surface area contributed by atoms with Gasteiger partial charge in [0, 0.05) is 69.4 Å². The normalized spacial score (nSPS) is 43.4. The lowest BCUT2D eigenvalue weighted by Crippen LogP contribution is -2.69. The standard InChI is InChI=1S/C63H95N3O21/c1-38-20-16-13-11-9-7-5-6-8-10-12-14-19-23-46(86-61-58(78)54(56(76)41(4)85-61)64-37-63(82)59(79)57(77)50(73)36-83-63)33-51-53(60(80)66-28-26-65(27-29-66)42-21-17-15-18-22-42)49(72)35-62(81,87-51)34-45(69)31-48(71)47(70)25-24-43(67)30-44(68)32-52(74)84-40(3)39(2)55(38)75/h5-23,38-41,43-51,53-59,61,64,67-73,75-79,81-82H,24-37H2,1-4H3/b6-5+,9-7+,10-8+,13-11+,14-12+,20-16+,23-19+/t38-,39-,40-,41+,43+,44+,45-,46-,47+,48+,49-,50+,51?,53?,54-,55+,56+,57-,58-,59-,61?,62+,63+/m0/s1. The molecule has 1 aromatic carbocycles. The van der Waals surface area contributed by atoms with Gasteiger partial charge in [-0.25, -0.2) is 0 Å². The number of para-hydroxylation sites is 1. The molecule has 5 aliphatic heterocycles. The van der Waals surface area contributed by atoms with Crippen LogP contribution >= 0.6 is 0 Å². The molecule has 4 saturated heterocycles. The molecule has 2 bridgehead atoms. The maximum absolute atomic E-state index is 14.8. The van der Waals surface area contributed by atoms with Gasteiger partial charge in [0.25, 0.3) is 0 Å². The van der Waals surface area contributed by atoms with Gasteiger partial charge in [-0.15, -0.1) is 0 Å². The Kier molecular flexibility index (Phi) is 27.9. The average Bonchev–Trinajstić information content (AvgIpc) is 1.60. The van der Waals surface area contributed by atoms with Crippen LogP contribution in [-0.4, -0.2) is 249 Å². The monoisotopic (exact) mass is 1230 g/mol. The molecule has 0 spiro atoms. The van der Waals surface area contributed by atoms with Gasteiger partial charge in [-0.2, -0.15) is 0 Å². The second-order valence-electron chi connectivity index (χ2n) is 23.9. The molecule has 24 nitrogen and oxygen atoms in total. The van der Waals surface area contributed by atoms with Crippen molar-refractivity contribution in [2.24, 2.45) is 17.8 Å². The van der Waals surface area contributed by atoms with Gasteiger partial charge in [-0.1, -0.05) is 117 Å². The Morgan fingerprint density at radius 2 is 1.24 bits per heavy atom. The Hall–Kier alpha value is -4.62. The van der Waals surface area contributed by atoms with E-state index >= 15 is 0 Å². The van der Waals surface area contributed by atoms with Crippen LogP contribution < -0.4 is 10.2 Å². The number of amides is 1. The molecule has 1 aromatic rings. The summed E-state index contributed by atoms with van der Waals surface area (Å²) in [5, 5.41) is 158. The number of carbonyl (C=O) groups is 2. The van der Waals surface area contributed by atoms with E-state index in [1.54, 1.807) is 97.7 Å². The molecule has 87 heavy (non-hydrogen) atoms. The van der Waals surface area contributed by atoms with E-state index in [4.69, 9.17) is 23.7 Å². The predicted octanol–water partition coefficient (Wildman–Crippen LogP) is -0.592. The number of aliphatic hydroxyl groups excluding tert-OH is 12. The lowest BCUT2D eigenvalue weighted by atomic mass is 9.81. The Bertz CT molecular complexity index is 2480. The molecular formula is C63H95N3O21. The Morgan fingerprint density at radius 3 is 1.87 bits per heavy atom. The molecule has 15 N–H and O–H groups in total. The molecule has 24 heteroatoms. The molecule has 1 amide bonds. The molecule has 0 radical (unpaired) electrons. The molecule has 5 aliphatic rings. The number of fused-ring (bicyclic) bond motifs is 2. The first kappa shape index (κ1) is 71.5. The number of carbonyl (C=O) groups excluding carboxylic acids is 2. The summed E-state index contributed by atoms with van der Waals surface area (Å²) in [6.07, 6.45) is -2.91. The Balaban J connectivity index is 1.28. The molecule has 0 aliphatic carbocycles. The number of piperazine rings is 1. The van der Waals surface area contributed by atoms with Gasteiger partial charge in [0.2, 0.25) is 11.7 Å². The SMILES string of the molecule is C[C@@H]1[C@H](O)[C@@H](C)/C=C/C=C/C=C/C=C/C=C/C=C/C=C/[C@H](OC2O[C@H](C)[C@@H](O)[C@H](NC[C@@]3(O)OC[C@@H](O)[C@H](O)[C@@H]3O)[C@@H]2O)CC2O[C@](O)(C[C@@H](O)C[C@@H](O)[C@H](O)CC[C@@H](O)C[C@@H](O)CC(=O)O[C@H]1C)C[C@H](O)C2C(=O)N1CCN(c2ccccc2)CC1. The number of nitrogens with one attached hydrogen (secondary N) is 1. The molecule has 488 valence electrons. The lowest BCUT2D eigenvalue weighted by molar-refractivity contribution is -0.323. The fraction of sp³-hybridized carbons (Fsp3) is 0.651. The van der Waals surface area contributed by atoms with E-state index < -0.39 is 184 Å². The largest absolute Gasteiger partial charge is 0.462 e. The Morgan fingerprint density at radius 1 is 0.632 bits per heavy atom. The van der Waals surface area contributed by atoms with Crippen molar-refractivity contribution in [1.82, 2.24) is 10.2 Å². The van der Waals surface area contributed by atoms with Crippen molar-refractivity contribution in [3.63, 3.8) is 0 Å². The van der Waals surface area contributed by atoms with Gasteiger partial charge in [-0.3, -0.25) is 9.59 Å². The number of hydrogen-bond acceptors (Lipinski definition) is 23. The van der Waals surface area contributed by atoms with Crippen molar-refractivity contribution >= 4 is 17.6 Å². The number of ether oxygens (including phenoxy) is 5. The summed E-state index contributed by atoms with van der Waals surface area (Å²) < 4.78 is 29.8. The first-order valence-electron chi connectivity index (χ1n) is 30.2. The zero-order valence-corrected chi connectivity index (χ0v) is 50.0. The zero-order valence-electron chi connectivity index (χ0n) is 50.0. The van der Waals surface area contributed by atoms with Crippen LogP contribution in [0, 0.1) is 17.8 Å². The van der Waals surface area contributed by atoms with Crippen LogP contribution in [0.15, 0.2) is 115 Å². The Labute approximate surface area is 508 Å². The van der Waals surface area contributed by atoms with Crippen LogP contribution in [0.1, 0.15) is 79.1 Å². The molecular weight excluding hydrogens is 1130 g/mol. The molecule has 3 unspecified atom stereocenters. The summed E-state index contributed by atoms with van der Waals surface area (Å²) >= 11 is 0. The topological polar surface area (TPSA) is 382 Å². The van der Waals surface area contributed by atoms with Crippen LogP contribution in [-0.2, 0) is 33.3 Å². The minimum absolute atomic E-state index is 0.130. The highest BCUT2D eigenvalue weighted by atomic mass is 16.7. The molecule has 0 aromatic heterocycles. The molecule has 6 rings (SSSR count).